The van der Waals surface area contributed by atoms with Crippen LogP contribution in [0, 0.1) is 25.2 Å². The van der Waals surface area contributed by atoms with Crippen LogP contribution in [-0.2, 0) is 30.3 Å². The number of urea groups is 1. The van der Waals surface area contributed by atoms with E-state index in [9.17, 15) is 24.4 Å². The van der Waals surface area contributed by atoms with Gasteiger partial charge in [0, 0.05) is 71.5 Å². The summed E-state index contributed by atoms with van der Waals surface area (Å²) in [6.45, 7) is 4.87. The maximum absolute atomic E-state index is 14.1. The number of piperazine rings is 1. The number of hydrogen-bond acceptors (Lipinski definition) is 16. The molecule has 3 amide bonds. The zero-order chi connectivity index (χ0) is 43.6. The first-order valence-corrected chi connectivity index (χ1v) is 23.2. The van der Waals surface area contributed by atoms with E-state index in [1.54, 1.807) is 14.2 Å². The number of nitrogens with zero attached hydrogens (tertiary/aromatic N) is 3. The lowest BCUT2D eigenvalue weighted by atomic mass is 9.71. The van der Waals surface area contributed by atoms with E-state index >= 15 is 0 Å². The van der Waals surface area contributed by atoms with Gasteiger partial charge in [0.2, 0.25) is 12.7 Å². The Labute approximate surface area is 368 Å². The van der Waals surface area contributed by atoms with Gasteiger partial charge in [-0.3, -0.25) is 19.4 Å². The molecule has 62 heavy (non-hydrogen) atoms. The molecule has 4 bridgehead atoms. The maximum Gasteiger partial charge on any atom is 0.329 e. The highest BCUT2D eigenvalue weighted by Gasteiger charge is 2.61. The smallest absolute Gasteiger partial charge is 0.329 e. The van der Waals surface area contributed by atoms with Crippen LogP contribution in [0.5, 0.6) is 28.7 Å². The van der Waals surface area contributed by atoms with E-state index in [4.69, 9.17) is 33.2 Å². The Bertz CT molecular complexity index is 2220. The van der Waals surface area contributed by atoms with Gasteiger partial charge in [-0.25, -0.2) is 9.59 Å². The molecule has 4 fully saturated rings. The molecule has 2 aromatic rings. The summed E-state index contributed by atoms with van der Waals surface area (Å²) in [4.78, 5) is 56.9. The average Bonchev–Trinajstić information content (AvgIpc) is 3.97. The number of amides is 3. The van der Waals surface area contributed by atoms with E-state index in [2.05, 4.69) is 37.9 Å². The summed E-state index contributed by atoms with van der Waals surface area (Å²) in [6.07, 6.45) is 3.01. The standard InChI is InChI=1S/C43H52N6O11S2/c1-19-11-22-12-25-26(13-44)49-27-14-56-42(52)24(45-29(51)10-8-7-9-28-33-23(15-61-28)46-43(53)47-33)16-62-41(32-31(27)40-38(58-18-59-40)20(2)37(32)60-21(3)50)35(49)34(48(25)4)30(22)39(36(19)55-6)57-17-54-5/h11,23-28,33-35,41H,7-10,12,14-18H2,1-6H3,(H,45,51)(H2,46,47,53)/t23?,24?,25-,26-,27-,28?,33?,34+,35?,41+/m0/s1. The van der Waals surface area contributed by atoms with Gasteiger partial charge in [-0.1, -0.05) is 12.5 Å². The molecular formula is C43H52N6O11S2. The second-order valence-electron chi connectivity index (χ2n) is 16.9. The summed E-state index contributed by atoms with van der Waals surface area (Å²) in [7, 11) is 5.19. The number of aryl methyl sites for hydroxylation is 1. The predicted octanol–water partition coefficient (Wildman–Crippen LogP) is 3.72. The maximum atomic E-state index is 14.1. The van der Waals surface area contributed by atoms with E-state index in [1.165, 1.54) is 18.7 Å². The number of fused-ring (bicyclic) bond motifs is 11. The van der Waals surface area contributed by atoms with Crippen molar-refractivity contribution in [2.75, 3.05) is 53.0 Å². The lowest BCUT2D eigenvalue weighted by Crippen LogP contribution is -2.69. The number of benzene rings is 2. The van der Waals surface area contributed by atoms with E-state index in [0.29, 0.717) is 58.3 Å². The summed E-state index contributed by atoms with van der Waals surface area (Å²) in [5.74, 6) is 1.95. The van der Waals surface area contributed by atoms with E-state index in [0.717, 1.165) is 35.3 Å². The van der Waals surface area contributed by atoms with Gasteiger partial charge in [-0.2, -0.15) is 17.0 Å². The molecule has 0 spiro atoms. The van der Waals surface area contributed by atoms with Crippen LogP contribution in [0.15, 0.2) is 6.07 Å². The molecule has 8 aliphatic heterocycles. The zero-order valence-electron chi connectivity index (χ0n) is 35.6. The summed E-state index contributed by atoms with van der Waals surface area (Å²) >= 11 is 3.27. The number of unbranched alkanes of at least 4 members (excludes halogenated alkanes) is 1. The van der Waals surface area contributed by atoms with Gasteiger partial charge in [-0.05, 0) is 51.3 Å². The van der Waals surface area contributed by atoms with Crippen LogP contribution in [0.25, 0.3) is 0 Å². The van der Waals surface area contributed by atoms with Crippen molar-refractivity contribution in [1.82, 2.24) is 25.8 Å². The van der Waals surface area contributed by atoms with Crippen LogP contribution in [-0.4, -0.2) is 128 Å². The number of rotatable bonds is 11. The molecule has 8 heterocycles. The summed E-state index contributed by atoms with van der Waals surface area (Å²) in [5, 5.41) is 19.9. The van der Waals surface area contributed by atoms with Gasteiger partial charge in [0.15, 0.2) is 29.8 Å². The first-order chi connectivity index (χ1) is 29.9. The van der Waals surface area contributed by atoms with Gasteiger partial charge >= 0.3 is 18.0 Å². The minimum absolute atomic E-state index is 0.0300. The Kier molecular flexibility index (Phi) is 11.8. The molecular weight excluding hydrogens is 841 g/mol. The molecule has 2 aromatic carbocycles. The highest BCUT2D eigenvalue weighted by Crippen LogP contribution is 2.64. The minimum atomic E-state index is -0.996. The average molecular weight is 893 g/mol. The van der Waals surface area contributed by atoms with E-state index in [-0.39, 0.29) is 67.7 Å². The molecule has 332 valence electrons. The Morgan fingerprint density at radius 3 is 2.58 bits per heavy atom. The lowest BCUT2D eigenvalue weighted by molar-refractivity contribution is -0.152. The number of methoxy groups -OCH3 is 2. The largest absolute Gasteiger partial charge is 0.493 e. The molecule has 3 N–H and O–H groups in total. The van der Waals surface area contributed by atoms with E-state index in [1.807, 2.05) is 32.7 Å². The highest BCUT2D eigenvalue weighted by molar-refractivity contribution is 8.00. The number of hydrogen-bond donors (Lipinski definition) is 3. The van der Waals surface area contributed by atoms with Crippen molar-refractivity contribution >= 4 is 47.4 Å². The number of likely N-dealkylation sites (N-methyl/N-ethyl adjacent to an activating group) is 1. The number of thioether (sulfide) groups is 2. The number of nitrogens with one attached hydrogen (secondary N) is 3. The van der Waals surface area contributed by atoms with Gasteiger partial charge < -0.3 is 49.1 Å². The number of esters is 2. The lowest BCUT2D eigenvalue weighted by Gasteiger charge is -2.61. The second-order valence-corrected chi connectivity index (χ2v) is 19.3. The van der Waals surface area contributed by atoms with Crippen molar-refractivity contribution in [3.05, 3.63) is 39.4 Å². The summed E-state index contributed by atoms with van der Waals surface area (Å²) in [5.41, 5.74) is 4.72. The molecule has 5 unspecified atom stereocenters. The molecule has 8 aliphatic rings. The van der Waals surface area contributed by atoms with E-state index < -0.39 is 47.4 Å². The first-order valence-electron chi connectivity index (χ1n) is 21.1. The molecule has 10 atom stereocenters. The number of ether oxygens (including phenoxy) is 7. The monoisotopic (exact) mass is 892 g/mol. The van der Waals surface area contributed by atoms with Crippen molar-refractivity contribution in [1.29, 1.82) is 5.26 Å². The molecule has 0 radical (unpaired) electrons. The third kappa shape index (κ3) is 7.15. The second kappa shape index (κ2) is 17.2. The van der Waals surface area contributed by atoms with Gasteiger partial charge in [0.05, 0.1) is 42.6 Å². The molecule has 0 saturated carbocycles. The van der Waals surface area contributed by atoms with Crippen LogP contribution in [0.2, 0.25) is 0 Å². The Morgan fingerprint density at radius 2 is 1.82 bits per heavy atom. The molecule has 19 heteroatoms. The number of nitriles is 1. The Morgan fingerprint density at radius 1 is 1.02 bits per heavy atom. The Hall–Kier alpha value is -4.61. The fraction of sp³-hybridized carbons (Fsp3) is 0.605. The zero-order valence-corrected chi connectivity index (χ0v) is 37.2. The van der Waals surface area contributed by atoms with Crippen molar-refractivity contribution < 1.29 is 52.3 Å². The normalized spacial score (nSPS) is 30.4. The fourth-order valence-electron chi connectivity index (χ4n) is 10.8. The number of carbonyl (C=O) groups is 4. The van der Waals surface area contributed by atoms with Crippen LogP contribution >= 0.6 is 23.5 Å². The third-order valence-corrected chi connectivity index (χ3v) is 16.3. The van der Waals surface area contributed by atoms with Crippen molar-refractivity contribution in [3.8, 4) is 34.8 Å². The topological polar surface area (TPSA) is 199 Å². The van der Waals surface area contributed by atoms with Gasteiger partial charge in [-0.15, -0.1) is 11.8 Å². The van der Waals surface area contributed by atoms with Crippen LogP contribution in [0.4, 0.5) is 4.79 Å². The van der Waals surface area contributed by atoms with Crippen LogP contribution in [0.3, 0.4) is 0 Å². The quantitative estimate of drug-likeness (QED) is 0.0969. The highest BCUT2D eigenvalue weighted by atomic mass is 32.2. The van der Waals surface area contributed by atoms with Crippen molar-refractivity contribution in [3.63, 3.8) is 0 Å². The third-order valence-electron chi connectivity index (χ3n) is 13.4. The van der Waals surface area contributed by atoms with Crippen molar-refractivity contribution in [2.24, 2.45) is 0 Å². The van der Waals surface area contributed by atoms with Crippen LogP contribution < -0.4 is 39.6 Å². The predicted molar refractivity (Wildman–Crippen MR) is 227 cm³/mol. The van der Waals surface area contributed by atoms with Gasteiger partial charge in [0.25, 0.3) is 0 Å². The van der Waals surface area contributed by atoms with Crippen LogP contribution in [0.1, 0.15) is 83.3 Å². The molecule has 0 aromatic heterocycles. The Balaban J connectivity index is 1.10. The first kappa shape index (κ1) is 42.7. The molecule has 17 nitrogen and oxygen atoms in total. The fourth-order valence-corrected chi connectivity index (χ4v) is 13.9. The summed E-state index contributed by atoms with van der Waals surface area (Å²) in [6, 6.07) is 1.25. The van der Waals surface area contributed by atoms with Crippen molar-refractivity contribution in [2.45, 2.75) is 112 Å². The minimum Gasteiger partial charge on any atom is -0.493 e. The SMILES string of the molecule is COCOc1c(OC)c(C)cc2c1[C@@H]1C3[C@@H]4SCC(NC(=O)CCCCC5SCC6NC(=O)NC65)C(=O)OC[C@@H](c5c6c(c(C)c(OC(C)=O)c54)OCO6)N3[C@@H](C#N)[C@H](C2)N1C. The molecule has 0 aliphatic carbocycles. The summed E-state index contributed by atoms with van der Waals surface area (Å²) < 4.78 is 42.4. The molecule has 10 rings (SSSR count). The number of carbonyl (C=O) groups excluding carboxylic acids is 4. The van der Waals surface area contributed by atoms with Gasteiger partial charge in [0.1, 0.15) is 24.4 Å². The molecule has 4 saturated heterocycles.